The first-order valence-electron chi connectivity index (χ1n) is 7.49. The van der Waals surface area contributed by atoms with Crippen LogP contribution in [-0.2, 0) is 9.59 Å². The van der Waals surface area contributed by atoms with E-state index in [1.807, 2.05) is 49.6 Å². The Balaban J connectivity index is 2.92. The molecule has 0 aliphatic carbocycles. The molecule has 128 valence electrons. The third-order valence-corrected chi connectivity index (χ3v) is 3.94. The molecule has 1 aromatic carbocycles. The molecule has 0 radical (unpaired) electrons. The molecule has 0 aliphatic heterocycles. The number of carboxylic acids is 1. The molecule has 0 bridgehead atoms. The zero-order valence-electron chi connectivity index (χ0n) is 13.7. The van der Waals surface area contributed by atoms with Gasteiger partial charge in [0, 0.05) is 18.4 Å². The molecular formula is C17H21N3O3S. The number of carboxylic acid groups (broad SMARTS) is 1. The zero-order valence-corrected chi connectivity index (χ0v) is 14.5. The number of amides is 1. The van der Waals surface area contributed by atoms with Gasteiger partial charge in [0.05, 0.1) is 0 Å². The number of nitrogens with one attached hydrogen (secondary N) is 1. The lowest BCUT2D eigenvalue weighted by atomic mass is 10.2. The second-order valence-electron chi connectivity index (χ2n) is 4.92. The number of para-hydroxylation sites is 1. The monoisotopic (exact) mass is 347 g/mol. The number of carbonyl (C=O) groups excluding carboxylic acids is 1. The normalized spacial score (nSPS) is 12.1. The van der Waals surface area contributed by atoms with E-state index in [1.54, 1.807) is 4.90 Å². The van der Waals surface area contributed by atoms with Crippen LogP contribution < -0.4 is 10.2 Å². The smallest absolute Gasteiger partial charge is 0.326 e. The summed E-state index contributed by atoms with van der Waals surface area (Å²) in [6, 6.07) is 10.2. The molecule has 2 N–H and O–H groups in total. The van der Waals surface area contributed by atoms with Crippen molar-refractivity contribution in [1.29, 1.82) is 5.26 Å². The third-order valence-electron chi connectivity index (χ3n) is 3.29. The van der Waals surface area contributed by atoms with Crippen LogP contribution in [0.5, 0.6) is 0 Å². The van der Waals surface area contributed by atoms with E-state index in [4.69, 9.17) is 0 Å². The Kier molecular flexibility index (Phi) is 8.44. The zero-order chi connectivity index (χ0) is 17.9. The average Bonchev–Trinajstić information content (AvgIpc) is 2.60. The molecule has 1 unspecified atom stereocenters. The maximum atomic E-state index is 12.2. The van der Waals surface area contributed by atoms with Gasteiger partial charge in [0.15, 0.2) is 0 Å². The van der Waals surface area contributed by atoms with Crippen LogP contribution in [0.25, 0.3) is 0 Å². The van der Waals surface area contributed by atoms with Crippen molar-refractivity contribution in [2.75, 3.05) is 23.5 Å². The number of rotatable bonds is 9. The highest BCUT2D eigenvalue weighted by atomic mass is 32.2. The van der Waals surface area contributed by atoms with E-state index in [-0.39, 0.29) is 5.57 Å². The van der Waals surface area contributed by atoms with Gasteiger partial charge in [-0.2, -0.15) is 17.0 Å². The number of thioether (sulfide) groups is 1. The molecule has 7 heteroatoms. The summed E-state index contributed by atoms with van der Waals surface area (Å²) in [5.41, 5.74) is 0.717. The number of anilines is 1. The number of hydrogen-bond donors (Lipinski definition) is 2. The van der Waals surface area contributed by atoms with Crippen molar-refractivity contribution in [3.63, 3.8) is 0 Å². The van der Waals surface area contributed by atoms with Crippen molar-refractivity contribution in [1.82, 2.24) is 5.32 Å². The van der Waals surface area contributed by atoms with Crippen molar-refractivity contribution in [3.8, 4) is 6.07 Å². The first kappa shape index (κ1) is 19.6. The summed E-state index contributed by atoms with van der Waals surface area (Å²) in [5.74, 6) is -1.18. The highest BCUT2D eigenvalue weighted by Gasteiger charge is 2.22. The van der Waals surface area contributed by atoms with E-state index in [1.165, 1.54) is 18.0 Å². The van der Waals surface area contributed by atoms with Crippen molar-refractivity contribution in [3.05, 3.63) is 42.1 Å². The van der Waals surface area contributed by atoms with Crippen LogP contribution in [0, 0.1) is 11.3 Å². The second kappa shape index (κ2) is 10.3. The minimum absolute atomic E-state index is 0.129. The number of nitriles is 1. The number of aliphatic carboxylic acids is 1. The van der Waals surface area contributed by atoms with Crippen molar-refractivity contribution < 1.29 is 14.7 Å². The Hall–Kier alpha value is -2.46. The van der Waals surface area contributed by atoms with Crippen molar-refractivity contribution >= 4 is 29.3 Å². The second-order valence-corrected chi connectivity index (χ2v) is 5.91. The fourth-order valence-corrected chi connectivity index (χ4v) is 2.46. The molecule has 0 saturated carbocycles. The summed E-state index contributed by atoms with van der Waals surface area (Å²) in [7, 11) is 0. The van der Waals surface area contributed by atoms with Gasteiger partial charge in [-0.15, -0.1) is 0 Å². The molecule has 6 nitrogen and oxygen atoms in total. The molecular weight excluding hydrogens is 326 g/mol. The SMILES string of the molecule is CCN(/C=C(/C#N)C(=O)NC(CCSC)C(=O)O)c1ccccc1. The van der Waals surface area contributed by atoms with Crippen LogP contribution in [0.4, 0.5) is 5.69 Å². The molecule has 0 aliphatic rings. The summed E-state index contributed by atoms with van der Waals surface area (Å²) in [4.78, 5) is 25.2. The molecule has 24 heavy (non-hydrogen) atoms. The maximum absolute atomic E-state index is 12.2. The molecule has 1 atom stereocenters. The van der Waals surface area contributed by atoms with Gasteiger partial charge in [0.1, 0.15) is 17.7 Å². The summed E-state index contributed by atoms with van der Waals surface area (Å²) < 4.78 is 0. The standard InChI is InChI=1S/C17H21N3O3S/c1-3-20(14-7-5-4-6-8-14)12-13(11-18)16(21)19-15(17(22)23)9-10-24-2/h4-8,12,15H,3,9-10H2,1-2H3,(H,19,21)(H,22,23)/b13-12-. The quantitative estimate of drug-likeness (QED) is 0.526. The Morgan fingerprint density at radius 2 is 2.08 bits per heavy atom. The van der Waals surface area contributed by atoms with Crippen LogP contribution in [-0.4, -0.2) is 41.6 Å². The van der Waals surface area contributed by atoms with Gasteiger partial charge in [-0.05, 0) is 37.5 Å². The Bertz CT molecular complexity index is 626. The summed E-state index contributed by atoms with van der Waals surface area (Å²) in [6.07, 6.45) is 3.61. The minimum atomic E-state index is -1.11. The molecule has 0 spiro atoms. The molecule has 0 heterocycles. The van der Waals surface area contributed by atoms with Crippen LogP contribution in [0.2, 0.25) is 0 Å². The van der Waals surface area contributed by atoms with E-state index < -0.39 is 17.9 Å². The van der Waals surface area contributed by atoms with Crippen LogP contribution in [0.15, 0.2) is 42.1 Å². The fourth-order valence-electron chi connectivity index (χ4n) is 1.99. The Morgan fingerprint density at radius 3 is 2.58 bits per heavy atom. The fraction of sp³-hybridized carbons (Fsp3) is 0.353. The highest BCUT2D eigenvalue weighted by Crippen LogP contribution is 2.14. The largest absolute Gasteiger partial charge is 0.480 e. The predicted molar refractivity (Wildman–Crippen MR) is 95.7 cm³/mol. The third kappa shape index (κ3) is 5.97. The number of benzene rings is 1. The Labute approximate surface area is 146 Å². The van der Waals surface area contributed by atoms with Crippen LogP contribution in [0.3, 0.4) is 0 Å². The molecule has 0 aromatic heterocycles. The summed E-state index contributed by atoms with van der Waals surface area (Å²) in [5, 5.41) is 20.8. The summed E-state index contributed by atoms with van der Waals surface area (Å²) in [6.45, 7) is 2.46. The maximum Gasteiger partial charge on any atom is 0.326 e. The molecule has 1 rings (SSSR count). The van der Waals surface area contributed by atoms with Gasteiger partial charge in [0.2, 0.25) is 0 Å². The van der Waals surface area contributed by atoms with Gasteiger partial charge in [-0.25, -0.2) is 4.79 Å². The van der Waals surface area contributed by atoms with Crippen LogP contribution >= 0.6 is 11.8 Å². The van der Waals surface area contributed by atoms with E-state index >= 15 is 0 Å². The number of hydrogen-bond acceptors (Lipinski definition) is 5. The van der Waals surface area contributed by atoms with Gasteiger partial charge in [-0.3, -0.25) is 4.79 Å². The first-order chi connectivity index (χ1) is 11.5. The summed E-state index contributed by atoms with van der Waals surface area (Å²) >= 11 is 1.50. The lowest BCUT2D eigenvalue weighted by Gasteiger charge is -2.19. The van der Waals surface area contributed by atoms with E-state index in [2.05, 4.69) is 5.32 Å². The lowest BCUT2D eigenvalue weighted by molar-refractivity contribution is -0.141. The molecule has 0 saturated heterocycles. The van der Waals surface area contributed by atoms with Gasteiger partial charge in [-0.1, -0.05) is 18.2 Å². The minimum Gasteiger partial charge on any atom is -0.480 e. The molecule has 1 aromatic rings. The molecule has 1 amide bonds. The van der Waals surface area contributed by atoms with Crippen molar-refractivity contribution in [2.24, 2.45) is 0 Å². The first-order valence-corrected chi connectivity index (χ1v) is 8.89. The van der Waals surface area contributed by atoms with Gasteiger partial charge < -0.3 is 15.3 Å². The predicted octanol–water partition coefficient (Wildman–Crippen LogP) is 2.24. The molecule has 0 fully saturated rings. The van der Waals surface area contributed by atoms with E-state index in [0.29, 0.717) is 18.7 Å². The number of carbonyl (C=O) groups is 2. The van der Waals surface area contributed by atoms with Gasteiger partial charge >= 0.3 is 5.97 Å². The van der Waals surface area contributed by atoms with Crippen molar-refractivity contribution in [2.45, 2.75) is 19.4 Å². The van der Waals surface area contributed by atoms with E-state index in [0.717, 1.165) is 5.69 Å². The Morgan fingerprint density at radius 1 is 1.42 bits per heavy atom. The van der Waals surface area contributed by atoms with E-state index in [9.17, 15) is 20.0 Å². The highest BCUT2D eigenvalue weighted by molar-refractivity contribution is 7.98. The van der Waals surface area contributed by atoms with Gasteiger partial charge in [0.25, 0.3) is 5.91 Å². The lowest BCUT2D eigenvalue weighted by Crippen LogP contribution is -2.42. The van der Waals surface area contributed by atoms with Crippen LogP contribution in [0.1, 0.15) is 13.3 Å². The number of nitrogens with zero attached hydrogens (tertiary/aromatic N) is 2. The average molecular weight is 347 g/mol. The topological polar surface area (TPSA) is 93.4 Å².